The fourth-order valence-corrected chi connectivity index (χ4v) is 3.36. The van der Waals surface area contributed by atoms with E-state index in [9.17, 15) is 9.59 Å². The molecular formula is C17H13N3O3S. The molecule has 1 aromatic carbocycles. The molecule has 0 saturated carbocycles. The number of carbonyl (C=O) groups excluding carboxylic acids is 1. The van der Waals surface area contributed by atoms with Crippen molar-refractivity contribution in [2.45, 2.75) is 20.1 Å². The van der Waals surface area contributed by atoms with Gasteiger partial charge in [-0.3, -0.25) is 9.36 Å². The molecule has 0 amide bonds. The van der Waals surface area contributed by atoms with Gasteiger partial charge in [-0.25, -0.2) is 9.78 Å². The first-order chi connectivity index (χ1) is 11.6. The lowest BCUT2D eigenvalue weighted by Gasteiger charge is -2.04. The van der Waals surface area contributed by atoms with Crippen LogP contribution < -0.4 is 5.56 Å². The van der Waals surface area contributed by atoms with Gasteiger partial charge in [0.15, 0.2) is 0 Å². The van der Waals surface area contributed by atoms with Gasteiger partial charge in [0.05, 0.1) is 11.5 Å². The SMILES string of the molecule is Cc1c(C(=O)OCc2ccccc2)sc2ncn(CC#N)c(=O)c12. The Bertz CT molecular complexity index is 1000. The van der Waals surface area contributed by atoms with Gasteiger partial charge in [0.1, 0.15) is 29.2 Å². The zero-order chi connectivity index (χ0) is 17.1. The number of hydrogen-bond acceptors (Lipinski definition) is 6. The molecule has 3 aromatic rings. The van der Waals surface area contributed by atoms with Crippen molar-refractivity contribution in [2.24, 2.45) is 0 Å². The normalized spacial score (nSPS) is 10.5. The van der Waals surface area contributed by atoms with E-state index >= 15 is 0 Å². The second kappa shape index (κ2) is 6.64. The molecule has 0 aliphatic heterocycles. The molecule has 2 aromatic heterocycles. The number of carbonyl (C=O) groups is 1. The molecule has 7 heteroatoms. The average Bonchev–Trinajstić information content (AvgIpc) is 2.94. The Morgan fingerprint density at radius 1 is 1.38 bits per heavy atom. The van der Waals surface area contributed by atoms with E-state index in [-0.39, 0.29) is 18.7 Å². The second-order valence-electron chi connectivity index (χ2n) is 5.13. The van der Waals surface area contributed by atoms with Crippen molar-refractivity contribution in [3.63, 3.8) is 0 Å². The molecule has 0 bridgehead atoms. The Labute approximate surface area is 141 Å². The summed E-state index contributed by atoms with van der Waals surface area (Å²) in [5.74, 6) is -0.481. The smallest absolute Gasteiger partial charge is 0.349 e. The van der Waals surface area contributed by atoms with Crippen molar-refractivity contribution < 1.29 is 9.53 Å². The van der Waals surface area contributed by atoms with Crippen LogP contribution in [0.3, 0.4) is 0 Å². The molecule has 0 N–H and O–H groups in total. The van der Waals surface area contributed by atoms with E-state index in [1.165, 1.54) is 10.9 Å². The van der Waals surface area contributed by atoms with E-state index in [2.05, 4.69) is 4.98 Å². The van der Waals surface area contributed by atoms with E-state index in [1.54, 1.807) is 6.92 Å². The summed E-state index contributed by atoms with van der Waals surface area (Å²) in [5.41, 5.74) is 1.11. The van der Waals surface area contributed by atoms with Gasteiger partial charge < -0.3 is 4.74 Å². The van der Waals surface area contributed by atoms with E-state index in [0.717, 1.165) is 16.9 Å². The third kappa shape index (κ3) is 2.92. The molecule has 2 heterocycles. The molecule has 0 fully saturated rings. The third-order valence-corrected chi connectivity index (χ3v) is 4.74. The fourth-order valence-electron chi connectivity index (χ4n) is 2.33. The van der Waals surface area contributed by atoms with Crippen LogP contribution in [0.4, 0.5) is 0 Å². The third-order valence-electron chi connectivity index (χ3n) is 3.56. The number of ether oxygens (including phenoxy) is 1. The number of rotatable bonds is 4. The summed E-state index contributed by atoms with van der Waals surface area (Å²) in [5, 5.41) is 9.11. The highest BCUT2D eigenvalue weighted by molar-refractivity contribution is 7.20. The van der Waals surface area contributed by atoms with E-state index in [0.29, 0.717) is 20.7 Å². The summed E-state index contributed by atoms with van der Waals surface area (Å²) in [7, 11) is 0. The summed E-state index contributed by atoms with van der Waals surface area (Å²) in [6, 6.07) is 11.3. The van der Waals surface area contributed by atoms with E-state index in [1.807, 2.05) is 36.4 Å². The highest BCUT2D eigenvalue weighted by Crippen LogP contribution is 2.27. The lowest BCUT2D eigenvalue weighted by atomic mass is 10.2. The van der Waals surface area contributed by atoms with Crippen LogP contribution in [0.2, 0.25) is 0 Å². The number of thiophene rings is 1. The van der Waals surface area contributed by atoms with Crippen molar-refractivity contribution >= 4 is 27.5 Å². The second-order valence-corrected chi connectivity index (χ2v) is 6.13. The summed E-state index contributed by atoms with van der Waals surface area (Å²) < 4.78 is 6.55. The minimum Gasteiger partial charge on any atom is -0.457 e. The average molecular weight is 339 g/mol. The first-order valence-electron chi connectivity index (χ1n) is 7.18. The number of nitriles is 1. The molecule has 0 saturated heterocycles. The molecule has 24 heavy (non-hydrogen) atoms. The minimum absolute atomic E-state index is 0.0785. The predicted molar refractivity (Wildman–Crippen MR) is 89.8 cm³/mol. The molecule has 6 nitrogen and oxygen atoms in total. The summed E-state index contributed by atoms with van der Waals surface area (Å²) in [6.07, 6.45) is 1.32. The maximum atomic E-state index is 12.4. The Balaban J connectivity index is 1.91. The van der Waals surface area contributed by atoms with Crippen LogP contribution >= 0.6 is 11.3 Å². The molecule has 0 aliphatic rings. The van der Waals surface area contributed by atoms with Crippen LogP contribution in [0.25, 0.3) is 10.2 Å². The van der Waals surface area contributed by atoms with Gasteiger partial charge in [-0.2, -0.15) is 5.26 Å². The Morgan fingerprint density at radius 3 is 2.83 bits per heavy atom. The number of nitrogens with zero attached hydrogens (tertiary/aromatic N) is 3. The molecule has 0 radical (unpaired) electrons. The molecule has 0 spiro atoms. The number of hydrogen-bond donors (Lipinski definition) is 0. The number of fused-ring (bicyclic) bond motifs is 1. The zero-order valence-electron chi connectivity index (χ0n) is 12.9. The topological polar surface area (TPSA) is 85.0 Å². The molecule has 0 atom stereocenters. The number of aromatic nitrogens is 2. The maximum absolute atomic E-state index is 12.4. The van der Waals surface area contributed by atoms with Gasteiger partial charge in [-0.1, -0.05) is 30.3 Å². The van der Waals surface area contributed by atoms with Crippen molar-refractivity contribution in [3.8, 4) is 6.07 Å². The first kappa shape index (κ1) is 15.9. The first-order valence-corrected chi connectivity index (χ1v) is 8.00. The van der Waals surface area contributed by atoms with Crippen LogP contribution in [-0.4, -0.2) is 15.5 Å². The zero-order valence-corrected chi connectivity index (χ0v) is 13.7. The van der Waals surface area contributed by atoms with Gasteiger partial charge in [-0.15, -0.1) is 11.3 Å². The highest BCUT2D eigenvalue weighted by atomic mass is 32.1. The van der Waals surface area contributed by atoms with Crippen LogP contribution in [-0.2, 0) is 17.9 Å². The number of benzene rings is 1. The van der Waals surface area contributed by atoms with Gasteiger partial charge in [0, 0.05) is 0 Å². The fraction of sp³-hybridized carbons (Fsp3) is 0.176. The highest BCUT2D eigenvalue weighted by Gasteiger charge is 2.20. The van der Waals surface area contributed by atoms with Crippen molar-refractivity contribution in [1.82, 2.24) is 9.55 Å². The molecule has 0 aliphatic carbocycles. The van der Waals surface area contributed by atoms with Gasteiger partial charge in [0.2, 0.25) is 0 Å². The van der Waals surface area contributed by atoms with Crippen LogP contribution in [0.15, 0.2) is 41.5 Å². The number of aryl methyl sites for hydroxylation is 1. The van der Waals surface area contributed by atoms with Crippen LogP contribution in [0, 0.1) is 18.3 Å². The van der Waals surface area contributed by atoms with Crippen LogP contribution in [0.5, 0.6) is 0 Å². The van der Waals surface area contributed by atoms with Crippen molar-refractivity contribution in [1.29, 1.82) is 5.26 Å². The lowest BCUT2D eigenvalue weighted by molar-refractivity contribution is 0.0478. The van der Waals surface area contributed by atoms with Crippen LogP contribution in [0.1, 0.15) is 20.8 Å². The van der Waals surface area contributed by atoms with E-state index < -0.39 is 5.97 Å². The standard InChI is InChI=1S/C17H13N3O3S/c1-11-13-15(19-10-20(8-7-18)16(13)21)24-14(11)17(22)23-9-12-5-3-2-4-6-12/h2-6,10H,8-9H2,1H3. The summed E-state index contributed by atoms with van der Waals surface area (Å²) in [6.45, 7) is 1.78. The Hall–Kier alpha value is -2.98. The lowest BCUT2D eigenvalue weighted by Crippen LogP contribution is -2.20. The predicted octanol–water partition coefficient (Wildman–Crippen LogP) is 2.65. The minimum atomic E-state index is -0.481. The van der Waals surface area contributed by atoms with Gasteiger partial charge >= 0.3 is 5.97 Å². The van der Waals surface area contributed by atoms with Gasteiger partial charge in [0.25, 0.3) is 5.56 Å². The van der Waals surface area contributed by atoms with Crippen molar-refractivity contribution in [3.05, 3.63) is 63.0 Å². The molecule has 120 valence electrons. The Kier molecular flexibility index (Phi) is 4.40. The largest absolute Gasteiger partial charge is 0.457 e. The summed E-state index contributed by atoms with van der Waals surface area (Å²) in [4.78, 5) is 29.7. The quantitative estimate of drug-likeness (QED) is 0.682. The summed E-state index contributed by atoms with van der Waals surface area (Å²) >= 11 is 1.13. The maximum Gasteiger partial charge on any atom is 0.349 e. The van der Waals surface area contributed by atoms with E-state index in [4.69, 9.17) is 10.00 Å². The van der Waals surface area contributed by atoms with Crippen molar-refractivity contribution in [2.75, 3.05) is 0 Å². The Morgan fingerprint density at radius 2 is 2.12 bits per heavy atom. The molecule has 3 rings (SSSR count). The molecule has 0 unspecified atom stereocenters. The monoisotopic (exact) mass is 339 g/mol. The van der Waals surface area contributed by atoms with Gasteiger partial charge in [-0.05, 0) is 18.1 Å². The molecular weight excluding hydrogens is 326 g/mol. The number of esters is 1.